The summed E-state index contributed by atoms with van der Waals surface area (Å²) in [5.74, 6) is -0.248. The number of halogens is 1. The maximum atomic E-state index is 12.7. The third kappa shape index (κ3) is 3.11. The molecule has 0 unspecified atom stereocenters. The van der Waals surface area contributed by atoms with Crippen LogP contribution >= 0.6 is 15.9 Å². The number of fused-ring (bicyclic) bond motifs is 2. The van der Waals surface area contributed by atoms with Gasteiger partial charge in [0.2, 0.25) is 11.8 Å². The van der Waals surface area contributed by atoms with Gasteiger partial charge in [0.15, 0.2) is 6.61 Å². The van der Waals surface area contributed by atoms with Crippen molar-refractivity contribution in [1.82, 2.24) is 9.97 Å². The Hall–Kier alpha value is -3.00. The number of para-hydroxylation sites is 2. The zero-order valence-electron chi connectivity index (χ0n) is 13.5. The molecular formula is C18H13BrN4O3. The number of aromatic nitrogens is 2. The molecule has 0 saturated carbocycles. The fourth-order valence-electron chi connectivity index (χ4n) is 2.78. The number of ether oxygens (including phenoxy) is 1. The summed E-state index contributed by atoms with van der Waals surface area (Å²) >= 11 is 3.40. The fourth-order valence-corrected chi connectivity index (χ4v) is 3.15. The Bertz CT molecular complexity index is 1020. The molecule has 2 heterocycles. The minimum Gasteiger partial charge on any atom is -0.467 e. The molecule has 0 spiro atoms. The predicted molar refractivity (Wildman–Crippen MR) is 100 cm³/mol. The number of hydrogen-bond donors (Lipinski definition) is 1. The van der Waals surface area contributed by atoms with E-state index in [4.69, 9.17) is 4.74 Å². The average molecular weight is 413 g/mol. The summed E-state index contributed by atoms with van der Waals surface area (Å²) in [4.78, 5) is 34.2. The van der Waals surface area contributed by atoms with E-state index >= 15 is 0 Å². The first-order valence-corrected chi connectivity index (χ1v) is 8.63. The van der Waals surface area contributed by atoms with Crippen molar-refractivity contribution in [2.75, 3.05) is 23.4 Å². The van der Waals surface area contributed by atoms with Crippen LogP contribution in [0.4, 0.5) is 11.4 Å². The molecule has 0 saturated heterocycles. The van der Waals surface area contributed by atoms with Gasteiger partial charge >= 0.3 is 0 Å². The van der Waals surface area contributed by atoms with Crippen molar-refractivity contribution >= 4 is 50.0 Å². The van der Waals surface area contributed by atoms with E-state index in [-0.39, 0.29) is 25.0 Å². The molecule has 8 heteroatoms. The first kappa shape index (κ1) is 16.5. The quantitative estimate of drug-likeness (QED) is 0.714. The van der Waals surface area contributed by atoms with Gasteiger partial charge in [-0.3, -0.25) is 14.5 Å². The molecule has 0 radical (unpaired) electrons. The summed E-state index contributed by atoms with van der Waals surface area (Å²) in [6.45, 7) is -0.282. The zero-order chi connectivity index (χ0) is 18.1. The minimum absolute atomic E-state index is 0.0464. The van der Waals surface area contributed by atoms with Crippen LogP contribution in [0.15, 0.2) is 53.3 Å². The SMILES string of the molecule is O=C1CN(C(=O)COc2ncnc3ccc(Br)cc23)c2ccccc2N1. The lowest BCUT2D eigenvalue weighted by Gasteiger charge is -2.29. The standard InChI is InChI=1S/C18H13BrN4O3/c19-11-5-6-13-12(7-11)18(21-10-20-13)26-9-17(25)23-8-16(24)22-14-3-1-2-4-15(14)23/h1-7,10H,8-9H2,(H,22,24). The van der Waals surface area contributed by atoms with Crippen molar-refractivity contribution in [3.8, 4) is 5.88 Å². The van der Waals surface area contributed by atoms with E-state index in [1.165, 1.54) is 11.2 Å². The molecule has 1 aliphatic heterocycles. The third-order valence-electron chi connectivity index (χ3n) is 3.96. The normalized spacial score (nSPS) is 13.3. The first-order valence-electron chi connectivity index (χ1n) is 7.84. The Morgan fingerprint density at radius 1 is 1.23 bits per heavy atom. The Morgan fingerprint density at radius 3 is 2.96 bits per heavy atom. The number of carbonyl (C=O) groups excluding carboxylic acids is 2. The highest BCUT2D eigenvalue weighted by Crippen LogP contribution is 2.29. The lowest BCUT2D eigenvalue weighted by atomic mass is 10.2. The first-order chi connectivity index (χ1) is 12.6. The number of nitrogens with one attached hydrogen (secondary N) is 1. The summed E-state index contributed by atoms with van der Waals surface area (Å²) in [5.41, 5.74) is 1.97. The van der Waals surface area contributed by atoms with Crippen molar-refractivity contribution in [2.24, 2.45) is 0 Å². The molecule has 130 valence electrons. The second-order valence-electron chi connectivity index (χ2n) is 5.67. The number of nitrogens with zero attached hydrogens (tertiary/aromatic N) is 3. The van der Waals surface area contributed by atoms with Crippen LogP contribution in [-0.2, 0) is 9.59 Å². The van der Waals surface area contributed by atoms with E-state index in [1.807, 2.05) is 24.3 Å². The predicted octanol–water partition coefficient (Wildman–Crippen LogP) is 2.76. The maximum absolute atomic E-state index is 12.7. The van der Waals surface area contributed by atoms with Crippen LogP contribution in [0.25, 0.3) is 10.9 Å². The number of hydrogen-bond acceptors (Lipinski definition) is 5. The molecule has 0 bridgehead atoms. The third-order valence-corrected chi connectivity index (χ3v) is 4.46. The fraction of sp³-hybridized carbons (Fsp3) is 0.111. The Morgan fingerprint density at radius 2 is 2.08 bits per heavy atom. The van der Waals surface area contributed by atoms with E-state index in [0.717, 1.165) is 4.47 Å². The Balaban J connectivity index is 1.57. The lowest BCUT2D eigenvalue weighted by Crippen LogP contribution is -2.44. The number of rotatable bonds is 3. The van der Waals surface area contributed by atoms with Crippen LogP contribution in [0, 0.1) is 0 Å². The molecule has 2 aromatic carbocycles. The summed E-state index contributed by atoms with van der Waals surface area (Å²) in [6.07, 6.45) is 1.39. The van der Waals surface area contributed by atoms with Crippen LogP contribution in [-0.4, -0.2) is 34.9 Å². The van der Waals surface area contributed by atoms with Crippen molar-refractivity contribution in [3.05, 3.63) is 53.3 Å². The van der Waals surface area contributed by atoms with Crippen LogP contribution < -0.4 is 15.0 Å². The smallest absolute Gasteiger partial charge is 0.265 e. The number of carbonyl (C=O) groups is 2. The largest absolute Gasteiger partial charge is 0.467 e. The van der Waals surface area contributed by atoms with Gasteiger partial charge in [-0.2, -0.15) is 0 Å². The van der Waals surface area contributed by atoms with Gasteiger partial charge in [0.1, 0.15) is 12.9 Å². The second-order valence-corrected chi connectivity index (χ2v) is 6.59. The molecule has 4 rings (SSSR count). The lowest BCUT2D eigenvalue weighted by molar-refractivity contribution is -0.123. The van der Waals surface area contributed by atoms with E-state index in [0.29, 0.717) is 28.2 Å². The summed E-state index contributed by atoms with van der Waals surface area (Å²) < 4.78 is 6.50. The molecular weight excluding hydrogens is 400 g/mol. The van der Waals surface area contributed by atoms with Crippen LogP contribution in [0.1, 0.15) is 0 Å². The van der Waals surface area contributed by atoms with E-state index < -0.39 is 0 Å². The second kappa shape index (κ2) is 6.72. The monoisotopic (exact) mass is 412 g/mol. The molecule has 26 heavy (non-hydrogen) atoms. The Kier molecular flexibility index (Phi) is 4.26. The van der Waals surface area contributed by atoms with E-state index in [1.54, 1.807) is 18.2 Å². The van der Waals surface area contributed by atoms with Gasteiger partial charge in [-0.05, 0) is 30.3 Å². The van der Waals surface area contributed by atoms with Crippen LogP contribution in [0.2, 0.25) is 0 Å². The van der Waals surface area contributed by atoms with E-state index in [2.05, 4.69) is 31.2 Å². The maximum Gasteiger partial charge on any atom is 0.265 e. The zero-order valence-corrected chi connectivity index (χ0v) is 15.1. The van der Waals surface area contributed by atoms with Gasteiger partial charge in [-0.15, -0.1) is 0 Å². The van der Waals surface area contributed by atoms with Crippen molar-refractivity contribution in [2.45, 2.75) is 0 Å². The molecule has 2 amide bonds. The summed E-state index contributed by atoms with van der Waals surface area (Å²) in [6, 6.07) is 12.7. The molecule has 3 aromatic rings. The molecule has 0 fully saturated rings. The van der Waals surface area contributed by atoms with E-state index in [9.17, 15) is 9.59 Å². The topological polar surface area (TPSA) is 84.4 Å². The molecule has 1 aliphatic rings. The highest BCUT2D eigenvalue weighted by atomic mass is 79.9. The van der Waals surface area contributed by atoms with Gasteiger partial charge in [0.05, 0.1) is 22.3 Å². The molecule has 1 aromatic heterocycles. The van der Waals surface area contributed by atoms with Crippen molar-refractivity contribution in [1.29, 1.82) is 0 Å². The van der Waals surface area contributed by atoms with Crippen molar-refractivity contribution < 1.29 is 14.3 Å². The highest BCUT2D eigenvalue weighted by Gasteiger charge is 2.27. The summed E-state index contributed by atoms with van der Waals surface area (Å²) in [7, 11) is 0. The van der Waals surface area contributed by atoms with Crippen LogP contribution in [0.3, 0.4) is 0 Å². The average Bonchev–Trinajstić information content (AvgIpc) is 2.65. The van der Waals surface area contributed by atoms with Gasteiger partial charge < -0.3 is 10.1 Å². The van der Waals surface area contributed by atoms with Gasteiger partial charge in [-0.1, -0.05) is 28.1 Å². The van der Waals surface area contributed by atoms with Gasteiger partial charge in [-0.25, -0.2) is 9.97 Å². The number of amides is 2. The molecule has 0 aliphatic carbocycles. The molecule has 0 atom stereocenters. The summed E-state index contributed by atoms with van der Waals surface area (Å²) in [5, 5.41) is 3.45. The van der Waals surface area contributed by atoms with Crippen LogP contribution in [0.5, 0.6) is 5.88 Å². The minimum atomic E-state index is -0.325. The van der Waals surface area contributed by atoms with Gasteiger partial charge in [0, 0.05) is 4.47 Å². The van der Waals surface area contributed by atoms with Crippen molar-refractivity contribution in [3.63, 3.8) is 0 Å². The number of anilines is 2. The van der Waals surface area contributed by atoms with Gasteiger partial charge in [0.25, 0.3) is 5.91 Å². The number of benzene rings is 2. The highest BCUT2D eigenvalue weighted by molar-refractivity contribution is 9.10. The molecule has 1 N–H and O–H groups in total. The molecule has 7 nitrogen and oxygen atoms in total. The Labute approximate surface area is 157 Å².